The van der Waals surface area contributed by atoms with Crippen LogP contribution >= 0.6 is 11.6 Å². The summed E-state index contributed by atoms with van der Waals surface area (Å²) in [5.41, 5.74) is 0.987. The van der Waals surface area contributed by atoms with Crippen LogP contribution in [0.4, 0.5) is 0 Å². The maximum absolute atomic E-state index is 8.64. The Morgan fingerprint density at radius 3 is 2.79 bits per heavy atom. The van der Waals surface area contributed by atoms with Crippen molar-refractivity contribution in [2.45, 2.75) is 0 Å². The molecule has 0 amide bonds. The summed E-state index contributed by atoms with van der Waals surface area (Å²) >= 11 is 5.77. The second-order valence-electron chi connectivity index (χ2n) is 2.62. The van der Waals surface area contributed by atoms with Gasteiger partial charge in [0.25, 0.3) is 0 Å². The van der Waals surface area contributed by atoms with Crippen molar-refractivity contribution in [1.29, 1.82) is 5.26 Å². The van der Waals surface area contributed by atoms with Gasteiger partial charge in [-0.25, -0.2) is 4.98 Å². The van der Waals surface area contributed by atoms with Gasteiger partial charge in [0.05, 0.1) is 11.8 Å². The highest BCUT2D eigenvalue weighted by atomic mass is 35.5. The average Bonchev–Trinajstić information content (AvgIpc) is 2.70. The van der Waals surface area contributed by atoms with E-state index in [-0.39, 0.29) is 5.15 Å². The van der Waals surface area contributed by atoms with E-state index in [1.807, 2.05) is 6.07 Å². The van der Waals surface area contributed by atoms with Gasteiger partial charge in [-0.15, -0.1) is 0 Å². The molecule has 3 nitrogen and oxygen atoms in total. The first-order valence-electron chi connectivity index (χ1n) is 3.92. The largest absolute Gasteiger partial charge is 0.463 e. The molecule has 2 heterocycles. The quantitative estimate of drug-likeness (QED) is 0.671. The molecule has 0 saturated heterocycles. The Bertz CT molecular complexity index is 485. The summed E-state index contributed by atoms with van der Waals surface area (Å²) < 4.78 is 5.14. The second kappa shape index (κ2) is 3.52. The summed E-state index contributed by atoms with van der Waals surface area (Å²) in [7, 11) is 0. The molecule has 0 saturated carbocycles. The molecule has 0 unspecified atom stereocenters. The molecular weight excluding hydrogens is 200 g/mol. The highest BCUT2D eigenvalue weighted by Gasteiger charge is 2.06. The van der Waals surface area contributed by atoms with Gasteiger partial charge in [-0.05, 0) is 24.3 Å². The third-order valence-electron chi connectivity index (χ3n) is 1.74. The summed E-state index contributed by atoms with van der Waals surface area (Å²) in [4.78, 5) is 4.04. The summed E-state index contributed by atoms with van der Waals surface area (Å²) in [6.07, 6.45) is 1.56. The monoisotopic (exact) mass is 204 g/mol. The van der Waals surface area contributed by atoms with Gasteiger partial charge in [0.15, 0.2) is 5.76 Å². The number of halogens is 1. The number of pyridine rings is 1. The van der Waals surface area contributed by atoms with Gasteiger partial charge in [0.1, 0.15) is 16.9 Å². The first kappa shape index (κ1) is 8.79. The van der Waals surface area contributed by atoms with Crippen LogP contribution in [-0.4, -0.2) is 4.98 Å². The Hall–Kier alpha value is -1.79. The Morgan fingerprint density at radius 1 is 1.36 bits per heavy atom. The van der Waals surface area contributed by atoms with E-state index < -0.39 is 0 Å². The normalized spacial score (nSPS) is 9.71. The molecule has 0 bridgehead atoms. The van der Waals surface area contributed by atoms with Crippen molar-refractivity contribution in [1.82, 2.24) is 4.98 Å². The van der Waals surface area contributed by atoms with Crippen LogP contribution in [0.15, 0.2) is 34.9 Å². The van der Waals surface area contributed by atoms with Crippen molar-refractivity contribution in [2.24, 2.45) is 0 Å². The topological polar surface area (TPSA) is 49.8 Å². The summed E-state index contributed by atoms with van der Waals surface area (Å²) in [6, 6.07) is 8.81. The van der Waals surface area contributed by atoms with Crippen molar-refractivity contribution < 1.29 is 4.42 Å². The fourth-order valence-corrected chi connectivity index (χ4v) is 1.28. The minimum atomic E-state index is 0.196. The highest BCUT2D eigenvalue weighted by molar-refractivity contribution is 6.30. The van der Waals surface area contributed by atoms with Crippen LogP contribution in [0.5, 0.6) is 0 Å². The van der Waals surface area contributed by atoms with Crippen molar-refractivity contribution in [3.05, 3.63) is 41.2 Å². The standard InChI is InChI=1S/C10H5ClN2O/c11-10-7(6-12)3-4-8(13-10)9-2-1-5-14-9/h1-5H. The zero-order valence-electron chi connectivity index (χ0n) is 7.07. The van der Waals surface area contributed by atoms with E-state index in [9.17, 15) is 0 Å². The van der Waals surface area contributed by atoms with Gasteiger partial charge < -0.3 is 4.42 Å². The molecule has 14 heavy (non-hydrogen) atoms. The van der Waals surface area contributed by atoms with Crippen LogP contribution in [0.1, 0.15) is 5.56 Å². The number of furan rings is 1. The number of aromatic nitrogens is 1. The van der Waals surface area contributed by atoms with Crippen molar-refractivity contribution in [3.63, 3.8) is 0 Å². The van der Waals surface area contributed by atoms with Gasteiger partial charge in [0, 0.05) is 0 Å². The lowest BCUT2D eigenvalue weighted by Gasteiger charge is -1.97. The Balaban J connectivity index is 2.49. The number of nitrogens with zero attached hydrogens (tertiary/aromatic N) is 2. The third-order valence-corrected chi connectivity index (χ3v) is 2.03. The molecule has 2 aromatic rings. The maximum atomic E-state index is 8.64. The zero-order valence-corrected chi connectivity index (χ0v) is 7.82. The van der Waals surface area contributed by atoms with Gasteiger partial charge in [-0.1, -0.05) is 11.6 Å². The SMILES string of the molecule is N#Cc1ccc(-c2ccco2)nc1Cl. The number of hydrogen-bond acceptors (Lipinski definition) is 3. The summed E-state index contributed by atoms with van der Waals surface area (Å²) in [5.74, 6) is 0.636. The van der Waals surface area contributed by atoms with E-state index in [1.165, 1.54) is 0 Å². The number of hydrogen-bond donors (Lipinski definition) is 0. The Labute approximate surface area is 85.6 Å². The fraction of sp³-hybridized carbons (Fsp3) is 0. The minimum absolute atomic E-state index is 0.196. The molecular formula is C10H5ClN2O. The molecule has 0 radical (unpaired) electrons. The molecule has 68 valence electrons. The Kier molecular flexibility index (Phi) is 2.21. The molecule has 4 heteroatoms. The molecule has 0 spiro atoms. The van der Waals surface area contributed by atoms with Gasteiger partial charge in [-0.2, -0.15) is 5.26 Å². The molecule has 2 aromatic heterocycles. The molecule has 0 N–H and O–H groups in total. The maximum Gasteiger partial charge on any atom is 0.152 e. The van der Waals surface area contributed by atoms with E-state index in [0.29, 0.717) is 17.0 Å². The van der Waals surface area contributed by atoms with Crippen LogP contribution in [0.25, 0.3) is 11.5 Å². The fourth-order valence-electron chi connectivity index (χ4n) is 1.08. The van der Waals surface area contributed by atoms with Crippen molar-refractivity contribution in [3.8, 4) is 17.5 Å². The lowest BCUT2D eigenvalue weighted by atomic mass is 10.2. The van der Waals surface area contributed by atoms with E-state index in [2.05, 4.69) is 4.98 Å². The van der Waals surface area contributed by atoms with E-state index in [0.717, 1.165) is 0 Å². The number of nitriles is 1. The second-order valence-corrected chi connectivity index (χ2v) is 2.98. The van der Waals surface area contributed by atoms with Crippen LogP contribution in [0.2, 0.25) is 5.15 Å². The van der Waals surface area contributed by atoms with Crippen molar-refractivity contribution >= 4 is 11.6 Å². The molecule has 0 atom stereocenters. The molecule has 0 fully saturated rings. The van der Waals surface area contributed by atoms with Crippen LogP contribution < -0.4 is 0 Å². The summed E-state index contributed by atoms with van der Waals surface area (Å²) in [5, 5.41) is 8.84. The lowest BCUT2D eigenvalue weighted by Crippen LogP contribution is -1.85. The predicted octanol–water partition coefficient (Wildman–Crippen LogP) is 2.87. The molecule has 2 rings (SSSR count). The average molecular weight is 205 g/mol. The lowest BCUT2D eigenvalue weighted by molar-refractivity contribution is 0.580. The van der Waals surface area contributed by atoms with E-state index >= 15 is 0 Å². The van der Waals surface area contributed by atoms with Gasteiger partial charge in [0.2, 0.25) is 0 Å². The van der Waals surface area contributed by atoms with Crippen LogP contribution in [0, 0.1) is 11.3 Å². The molecule has 0 aliphatic heterocycles. The molecule has 0 aliphatic rings. The van der Waals surface area contributed by atoms with Gasteiger partial charge in [-0.3, -0.25) is 0 Å². The van der Waals surface area contributed by atoms with E-state index in [1.54, 1.807) is 30.5 Å². The minimum Gasteiger partial charge on any atom is -0.463 e. The first-order valence-corrected chi connectivity index (χ1v) is 4.29. The van der Waals surface area contributed by atoms with Crippen LogP contribution in [-0.2, 0) is 0 Å². The molecule has 0 aliphatic carbocycles. The van der Waals surface area contributed by atoms with Gasteiger partial charge >= 0.3 is 0 Å². The summed E-state index contributed by atoms with van der Waals surface area (Å²) in [6.45, 7) is 0. The van der Waals surface area contributed by atoms with Crippen LogP contribution in [0.3, 0.4) is 0 Å². The molecule has 0 aromatic carbocycles. The smallest absolute Gasteiger partial charge is 0.152 e. The third kappa shape index (κ3) is 1.48. The van der Waals surface area contributed by atoms with E-state index in [4.69, 9.17) is 21.3 Å². The first-order chi connectivity index (χ1) is 6.81. The zero-order chi connectivity index (χ0) is 9.97. The highest BCUT2D eigenvalue weighted by Crippen LogP contribution is 2.21. The number of rotatable bonds is 1. The van der Waals surface area contributed by atoms with Crippen molar-refractivity contribution in [2.75, 3.05) is 0 Å². The predicted molar refractivity (Wildman–Crippen MR) is 51.7 cm³/mol. The Morgan fingerprint density at radius 2 is 2.21 bits per heavy atom.